The normalized spacial score (nSPS) is 27.3. The molecule has 1 aliphatic carbocycles. The summed E-state index contributed by atoms with van der Waals surface area (Å²) >= 11 is 0. The van der Waals surface area contributed by atoms with Gasteiger partial charge in [0, 0.05) is 50.8 Å². The van der Waals surface area contributed by atoms with E-state index in [-0.39, 0.29) is 41.7 Å². The largest absolute Gasteiger partial charge is 0.381 e. The first-order valence-electron chi connectivity index (χ1n) is 10.4. The minimum Gasteiger partial charge on any atom is -0.381 e. The van der Waals surface area contributed by atoms with Crippen molar-refractivity contribution in [2.75, 3.05) is 33.3 Å². The fourth-order valence-corrected chi connectivity index (χ4v) is 5.01. The fourth-order valence-electron chi connectivity index (χ4n) is 5.01. The highest BCUT2D eigenvalue weighted by Crippen LogP contribution is 2.46. The number of methoxy groups -OCH3 is 1. The Bertz CT molecular complexity index is 885. The average Bonchev–Trinajstić information content (AvgIpc) is 2.71. The van der Waals surface area contributed by atoms with Gasteiger partial charge in [-0.1, -0.05) is 0 Å². The van der Waals surface area contributed by atoms with E-state index in [1.165, 1.54) is 6.07 Å². The maximum absolute atomic E-state index is 13.0. The van der Waals surface area contributed by atoms with Crippen LogP contribution < -0.4 is 11.1 Å². The lowest BCUT2D eigenvalue weighted by Gasteiger charge is -2.51. The molecule has 3 fully saturated rings. The van der Waals surface area contributed by atoms with Crippen LogP contribution in [0.1, 0.15) is 31.2 Å². The summed E-state index contributed by atoms with van der Waals surface area (Å²) in [6, 6.07) is 1.17. The Morgan fingerprint density at radius 3 is 2.55 bits per heavy atom. The van der Waals surface area contributed by atoms with Gasteiger partial charge < -0.3 is 14.5 Å². The van der Waals surface area contributed by atoms with E-state index in [4.69, 9.17) is 4.74 Å². The third-order valence-electron chi connectivity index (χ3n) is 6.87. The first kappa shape index (κ1) is 19.9. The number of aromatic nitrogens is 2. The molecule has 4 rings (SSSR count). The lowest BCUT2D eigenvalue weighted by Crippen LogP contribution is -2.57. The molecule has 0 bridgehead atoms. The third kappa shape index (κ3) is 4.01. The van der Waals surface area contributed by atoms with Crippen molar-refractivity contribution in [3.63, 3.8) is 0 Å². The first-order valence-corrected chi connectivity index (χ1v) is 10.4. The molecule has 0 unspecified atom stereocenters. The van der Waals surface area contributed by atoms with Gasteiger partial charge in [0.1, 0.15) is 0 Å². The predicted octanol–water partition coefficient (Wildman–Crippen LogP) is -0.272. The molecule has 0 spiro atoms. The van der Waals surface area contributed by atoms with Crippen molar-refractivity contribution < 1.29 is 14.3 Å². The number of hydrogen-bond donors (Lipinski definition) is 2. The number of carbonyl (C=O) groups is 2. The molecular weight excluding hydrogens is 376 g/mol. The summed E-state index contributed by atoms with van der Waals surface area (Å²) in [5, 5.41) is 4.45. The van der Waals surface area contributed by atoms with Crippen LogP contribution in [0.2, 0.25) is 0 Å². The molecule has 9 heteroatoms. The molecule has 0 aromatic carbocycles. The SMILES string of the molecule is COC1CCN(C(=O)[C@@H]2C[C@H]3CCN(C(=O)Cc4cc(=O)[nH][nH]c4=O)C[C@H]32)CC1. The van der Waals surface area contributed by atoms with Gasteiger partial charge in [-0.05, 0) is 37.5 Å². The molecule has 9 nitrogen and oxygen atoms in total. The van der Waals surface area contributed by atoms with Crippen LogP contribution in [0.15, 0.2) is 15.7 Å². The molecule has 1 saturated carbocycles. The number of aromatic amines is 2. The Morgan fingerprint density at radius 1 is 1.10 bits per heavy atom. The molecule has 29 heavy (non-hydrogen) atoms. The third-order valence-corrected chi connectivity index (χ3v) is 6.87. The number of likely N-dealkylation sites (tertiary alicyclic amines) is 2. The van der Waals surface area contributed by atoms with Crippen molar-refractivity contribution >= 4 is 11.8 Å². The number of nitrogens with zero attached hydrogens (tertiary/aromatic N) is 2. The van der Waals surface area contributed by atoms with Gasteiger partial charge in [-0.3, -0.25) is 29.4 Å². The number of piperidine rings is 2. The van der Waals surface area contributed by atoms with E-state index in [1.807, 2.05) is 4.90 Å². The molecule has 1 aromatic heterocycles. The van der Waals surface area contributed by atoms with Crippen LogP contribution in [0.4, 0.5) is 0 Å². The minimum atomic E-state index is -0.455. The molecule has 2 saturated heterocycles. The van der Waals surface area contributed by atoms with E-state index in [2.05, 4.69) is 10.2 Å². The van der Waals surface area contributed by atoms with Crippen LogP contribution in [0.25, 0.3) is 0 Å². The lowest BCUT2D eigenvalue weighted by molar-refractivity contribution is -0.154. The summed E-state index contributed by atoms with van der Waals surface area (Å²) in [6.07, 6.45) is 3.68. The standard InChI is InChI=1S/C20H28N4O5/c1-29-14-3-6-23(7-4-14)20(28)15-8-12-2-5-24(11-16(12)15)18(26)10-13-9-17(25)21-22-19(13)27/h9,12,14-16H,2-8,10-11H2,1H3,(H,21,25)(H,22,27)/t12-,15-,16-/m1/s1. The van der Waals surface area contributed by atoms with Gasteiger partial charge in [-0.2, -0.15) is 0 Å². The van der Waals surface area contributed by atoms with Gasteiger partial charge in [-0.15, -0.1) is 0 Å². The highest BCUT2D eigenvalue weighted by molar-refractivity contribution is 5.81. The quantitative estimate of drug-likeness (QED) is 0.717. The van der Waals surface area contributed by atoms with E-state index >= 15 is 0 Å². The Labute approximate surface area is 168 Å². The van der Waals surface area contributed by atoms with Crippen LogP contribution in [0.3, 0.4) is 0 Å². The van der Waals surface area contributed by atoms with Crippen LogP contribution in [-0.2, 0) is 20.7 Å². The zero-order valence-electron chi connectivity index (χ0n) is 16.7. The lowest BCUT2D eigenvalue weighted by atomic mass is 9.61. The van der Waals surface area contributed by atoms with Crippen molar-refractivity contribution in [3.05, 3.63) is 32.3 Å². The van der Waals surface area contributed by atoms with Gasteiger partial charge in [-0.25, -0.2) is 0 Å². The van der Waals surface area contributed by atoms with E-state index in [1.54, 1.807) is 12.0 Å². The molecule has 3 atom stereocenters. The molecule has 2 amide bonds. The fraction of sp³-hybridized carbons (Fsp3) is 0.700. The van der Waals surface area contributed by atoms with E-state index in [0.29, 0.717) is 19.0 Å². The van der Waals surface area contributed by atoms with Crippen molar-refractivity contribution in [2.24, 2.45) is 17.8 Å². The number of rotatable bonds is 4. The van der Waals surface area contributed by atoms with E-state index in [9.17, 15) is 19.2 Å². The summed E-state index contributed by atoms with van der Waals surface area (Å²) < 4.78 is 5.38. The molecule has 1 aromatic rings. The molecular formula is C20H28N4O5. The molecule has 158 valence electrons. The zero-order chi connectivity index (χ0) is 20.5. The first-order chi connectivity index (χ1) is 14.0. The Morgan fingerprint density at radius 2 is 1.83 bits per heavy atom. The number of fused-ring (bicyclic) bond motifs is 1. The summed E-state index contributed by atoms with van der Waals surface area (Å²) in [5.41, 5.74) is -0.722. The van der Waals surface area contributed by atoms with Gasteiger partial charge in [0.25, 0.3) is 11.1 Å². The summed E-state index contributed by atoms with van der Waals surface area (Å²) in [6.45, 7) is 2.66. The van der Waals surface area contributed by atoms with E-state index in [0.717, 1.165) is 38.8 Å². The van der Waals surface area contributed by atoms with Gasteiger partial charge in [0.15, 0.2) is 0 Å². The second kappa shape index (κ2) is 8.14. The number of amides is 2. The van der Waals surface area contributed by atoms with Crippen LogP contribution in [0.5, 0.6) is 0 Å². The number of ether oxygens (including phenoxy) is 1. The topological polar surface area (TPSA) is 116 Å². The maximum Gasteiger partial charge on any atom is 0.266 e. The highest BCUT2D eigenvalue weighted by Gasteiger charge is 2.49. The monoisotopic (exact) mass is 404 g/mol. The molecule has 2 aliphatic heterocycles. The van der Waals surface area contributed by atoms with E-state index < -0.39 is 11.1 Å². The predicted molar refractivity (Wildman–Crippen MR) is 104 cm³/mol. The second-order valence-corrected chi connectivity index (χ2v) is 8.44. The number of hydrogen-bond acceptors (Lipinski definition) is 5. The smallest absolute Gasteiger partial charge is 0.266 e. The molecule has 3 heterocycles. The zero-order valence-corrected chi connectivity index (χ0v) is 16.7. The summed E-state index contributed by atoms with van der Waals surface area (Å²) in [7, 11) is 1.71. The molecule has 2 N–H and O–H groups in total. The molecule has 3 aliphatic rings. The number of carbonyl (C=O) groups excluding carboxylic acids is 2. The van der Waals surface area contributed by atoms with Crippen LogP contribution >= 0.6 is 0 Å². The second-order valence-electron chi connectivity index (χ2n) is 8.44. The summed E-state index contributed by atoms with van der Waals surface area (Å²) in [4.78, 5) is 52.6. The van der Waals surface area contributed by atoms with Crippen LogP contribution in [0, 0.1) is 17.8 Å². The Balaban J connectivity index is 1.36. The van der Waals surface area contributed by atoms with Crippen molar-refractivity contribution in [2.45, 2.75) is 38.2 Å². The van der Waals surface area contributed by atoms with Crippen molar-refractivity contribution in [1.29, 1.82) is 0 Å². The molecule has 0 radical (unpaired) electrons. The summed E-state index contributed by atoms with van der Waals surface area (Å²) in [5.74, 6) is 0.711. The number of nitrogens with one attached hydrogen (secondary N) is 2. The maximum atomic E-state index is 13.0. The Hall–Kier alpha value is -2.42. The van der Waals surface area contributed by atoms with Crippen molar-refractivity contribution in [3.8, 4) is 0 Å². The van der Waals surface area contributed by atoms with Crippen LogP contribution in [-0.4, -0.2) is 71.2 Å². The Kier molecular flexibility index (Phi) is 5.58. The van der Waals surface area contributed by atoms with Gasteiger partial charge in [0.05, 0.1) is 12.5 Å². The van der Waals surface area contributed by atoms with Gasteiger partial charge >= 0.3 is 0 Å². The van der Waals surface area contributed by atoms with Crippen molar-refractivity contribution in [1.82, 2.24) is 20.0 Å². The highest BCUT2D eigenvalue weighted by atomic mass is 16.5. The number of H-pyrrole nitrogens is 2. The van der Waals surface area contributed by atoms with Gasteiger partial charge in [0.2, 0.25) is 11.8 Å². The average molecular weight is 404 g/mol. The minimum absolute atomic E-state index is 0.0160.